The molecule has 0 saturated heterocycles. The highest BCUT2D eigenvalue weighted by Crippen LogP contribution is 2.06. The SMILES string of the molecule is CC(N)c1ccccc1.NCCC(=O)O. The van der Waals surface area contributed by atoms with Crippen molar-refractivity contribution in [1.29, 1.82) is 0 Å². The summed E-state index contributed by atoms with van der Waals surface area (Å²) in [6, 6.07) is 10.2. The van der Waals surface area contributed by atoms with E-state index < -0.39 is 5.97 Å². The summed E-state index contributed by atoms with van der Waals surface area (Å²) in [4.78, 5) is 9.52. The van der Waals surface area contributed by atoms with Crippen molar-refractivity contribution in [2.45, 2.75) is 19.4 Å². The van der Waals surface area contributed by atoms with Crippen LogP contribution in [0.1, 0.15) is 24.9 Å². The second-order valence-corrected chi connectivity index (χ2v) is 3.13. The zero-order valence-corrected chi connectivity index (χ0v) is 8.89. The number of carbonyl (C=O) groups is 1. The van der Waals surface area contributed by atoms with Crippen LogP contribution < -0.4 is 11.5 Å². The molecule has 1 aromatic rings. The average Bonchev–Trinajstić information content (AvgIpc) is 2.20. The molecule has 5 N–H and O–H groups in total. The van der Waals surface area contributed by atoms with Crippen LogP contribution in [-0.4, -0.2) is 17.6 Å². The van der Waals surface area contributed by atoms with Crippen LogP contribution >= 0.6 is 0 Å². The molecule has 1 rings (SSSR count). The molecule has 0 amide bonds. The minimum absolute atomic E-state index is 0.0694. The van der Waals surface area contributed by atoms with Crippen molar-refractivity contribution >= 4 is 5.97 Å². The van der Waals surface area contributed by atoms with Crippen LogP contribution in [0.4, 0.5) is 0 Å². The monoisotopic (exact) mass is 210 g/mol. The highest BCUT2D eigenvalue weighted by molar-refractivity contribution is 5.66. The Morgan fingerprint density at radius 1 is 1.40 bits per heavy atom. The van der Waals surface area contributed by atoms with Crippen molar-refractivity contribution in [2.75, 3.05) is 6.54 Å². The van der Waals surface area contributed by atoms with Gasteiger partial charge in [-0.15, -0.1) is 0 Å². The molecule has 0 heterocycles. The summed E-state index contributed by atoms with van der Waals surface area (Å²) < 4.78 is 0. The maximum absolute atomic E-state index is 9.52. The van der Waals surface area contributed by atoms with E-state index in [-0.39, 0.29) is 19.0 Å². The van der Waals surface area contributed by atoms with Crippen molar-refractivity contribution in [2.24, 2.45) is 11.5 Å². The van der Waals surface area contributed by atoms with Crippen LogP contribution in [0.2, 0.25) is 0 Å². The van der Waals surface area contributed by atoms with E-state index in [1.54, 1.807) is 0 Å². The van der Waals surface area contributed by atoms with Crippen molar-refractivity contribution in [3.63, 3.8) is 0 Å². The summed E-state index contributed by atoms with van der Waals surface area (Å²) in [5.41, 5.74) is 11.7. The Morgan fingerprint density at radius 2 is 1.93 bits per heavy atom. The molecule has 0 radical (unpaired) electrons. The standard InChI is InChI=1S/C8H11N.C3H7NO2/c1-7(9)8-5-3-2-4-6-8;4-2-1-3(5)6/h2-7H,9H2,1H3;1-2,4H2,(H,5,6). The van der Waals surface area contributed by atoms with E-state index in [2.05, 4.69) is 0 Å². The summed E-state index contributed by atoms with van der Waals surface area (Å²) in [7, 11) is 0. The van der Waals surface area contributed by atoms with E-state index in [0.29, 0.717) is 0 Å². The molecule has 15 heavy (non-hydrogen) atoms. The lowest BCUT2D eigenvalue weighted by Gasteiger charge is -2.02. The van der Waals surface area contributed by atoms with Gasteiger partial charge in [0.15, 0.2) is 0 Å². The van der Waals surface area contributed by atoms with Gasteiger partial charge in [-0.2, -0.15) is 0 Å². The summed E-state index contributed by atoms with van der Waals surface area (Å²) in [5.74, 6) is -0.836. The van der Waals surface area contributed by atoms with Gasteiger partial charge in [-0.1, -0.05) is 30.3 Å². The van der Waals surface area contributed by atoms with Gasteiger partial charge in [0.25, 0.3) is 0 Å². The third-order valence-corrected chi connectivity index (χ3v) is 1.68. The third-order valence-electron chi connectivity index (χ3n) is 1.68. The molecule has 1 atom stereocenters. The molecule has 0 aliphatic rings. The Bertz CT molecular complexity index is 273. The van der Waals surface area contributed by atoms with E-state index >= 15 is 0 Å². The van der Waals surface area contributed by atoms with Gasteiger partial charge in [0.1, 0.15) is 0 Å². The van der Waals surface area contributed by atoms with Crippen LogP contribution in [0, 0.1) is 0 Å². The van der Waals surface area contributed by atoms with E-state index in [4.69, 9.17) is 16.6 Å². The highest BCUT2D eigenvalue weighted by Gasteiger charge is 1.93. The van der Waals surface area contributed by atoms with Crippen molar-refractivity contribution in [3.8, 4) is 0 Å². The number of carboxylic acid groups (broad SMARTS) is 1. The van der Waals surface area contributed by atoms with Gasteiger partial charge in [-0.25, -0.2) is 0 Å². The minimum Gasteiger partial charge on any atom is -0.481 e. The molecule has 4 nitrogen and oxygen atoms in total. The fourth-order valence-electron chi connectivity index (χ4n) is 0.880. The van der Waals surface area contributed by atoms with Crippen LogP contribution in [-0.2, 0) is 4.79 Å². The van der Waals surface area contributed by atoms with E-state index in [1.807, 2.05) is 37.3 Å². The molecule has 0 spiro atoms. The molecule has 84 valence electrons. The number of benzene rings is 1. The quantitative estimate of drug-likeness (QED) is 0.697. The Labute approximate surface area is 89.9 Å². The first-order chi connectivity index (χ1) is 7.07. The molecule has 0 saturated carbocycles. The number of carboxylic acids is 1. The zero-order valence-electron chi connectivity index (χ0n) is 8.89. The number of hydrogen-bond acceptors (Lipinski definition) is 3. The lowest BCUT2D eigenvalue weighted by molar-refractivity contribution is -0.136. The molecule has 0 aliphatic heterocycles. The molecule has 1 aromatic carbocycles. The summed E-state index contributed by atoms with van der Waals surface area (Å²) >= 11 is 0. The van der Waals surface area contributed by atoms with Crippen molar-refractivity contribution in [3.05, 3.63) is 35.9 Å². The molecule has 0 aliphatic carbocycles. The summed E-state index contributed by atoms with van der Waals surface area (Å²) in [6.45, 7) is 2.21. The first kappa shape index (κ1) is 13.6. The molecule has 0 fully saturated rings. The number of nitrogens with two attached hydrogens (primary N) is 2. The third kappa shape index (κ3) is 7.66. The zero-order chi connectivity index (χ0) is 11.7. The Morgan fingerprint density at radius 3 is 2.13 bits per heavy atom. The molecule has 1 unspecified atom stereocenters. The average molecular weight is 210 g/mol. The maximum atomic E-state index is 9.52. The highest BCUT2D eigenvalue weighted by atomic mass is 16.4. The Hall–Kier alpha value is -1.39. The van der Waals surface area contributed by atoms with Crippen LogP contribution in [0.3, 0.4) is 0 Å². The second kappa shape index (κ2) is 7.96. The van der Waals surface area contributed by atoms with Gasteiger partial charge in [-0.3, -0.25) is 4.79 Å². The van der Waals surface area contributed by atoms with E-state index in [1.165, 1.54) is 5.56 Å². The fourth-order valence-corrected chi connectivity index (χ4v) is 0.880. The van der Waals surface area contributed by atoms with Crippen molar-refractivity contribution < 1.29 is 9.90 Å². The van der Waals surface area contributed by atoms with Gasteiger partial charge < -0.3 is 16.6 Å². The van der Waals surface area contributed by atoms with Gasteiger partial charge in [0, 0.05) is 12.6 Å². The molecular formula is C11H18N2O2. The molecule has 0 aromatic heterocycles. The van der Waals surface area contributed by atoms with Gasteiger partial charge in [-0.05, 0) is 12.5 Å². The number of rotatable bonds is 3. The van der Waals surface area contributed by atoms with Crippen LogP contribution in [0.25, 0.3) is 0 Å². The largest absolute Gasteiger partial charge is 0.481 e. The summed E-state index contributed by atoms with van der Waals surface area (Å²) in [6.07, 6.45) is 0.0694. The van der Waals surface area contributed by atoms with Gasteiger partial charge in [0.2, 0.25) is 0 Å². The minimum atomic E-state index is -0.836. The molecule has 0 bridgehead atoms. The maximum Gasteiger partial charge on any atom is 0.304 e. The first-order valence-corrected chi connectivity index (χ1v) is 4.80. The first-order valence-electron chi connectivity index (χ1n) is 4.80. The lowest BCUT2D eigenvalue weighted by atomic mass is 10.1. The van der Waals surface area contributed by atoms with Crippen LogP contribution in [0.5, 0.6) is 0 Å². The predicted molar refractivity (Wildman–Crippen MR) is 60.4 cm³/mol. The van der Waals surface area contributed by atoms with E-state index in [0.717, 1.165) is 0 Å². The molecule has 4 heteroatoms. The van der Waals surface area contributed by atoms with Crippen molar-refractivity contribution in [1.82, 2.24) is 0 Å². The number of aliphatic carboxylic acids is 1. The molecular weight excluding hydrogens is 192 g/mol. The lowest BCUT2D eigenvalue weighted by Crippen LogP contribution is -2.05. The second-order valence-electron chi connectivity index (χ2n) is 3.13. The van der Waals surface area contributed by atoms with E-state index in [9.17, 15) is 4.79 Å². The van der Waals surface area contributed by atoms with Crippen LogP contribution in [0.15, 0.2) is 30.3 Å². The van der Waals surface area contributed by atoms with Gasteiger partial charge >= 0.3 is 5.97 Å². The Kier molecular flexibility index (Phi) is 7.23. The van der Waals surface area contributed by atoms with Gasteiger partial charge in [0.05, 0.1) is 6.42 Å². The topological polar surface area (TPSA) is 89.3 Å². The summed E-state index contributed by atoms with van der Waals surface area (Å²) in [5, 5.41) is 7.83. The number of hydrogen-bond donors (Lipinski definition) is 3. The smallest absolute Gasteiger partial charge is 0.304 e. The Balaban J connectivity index is 0.000000288. The normalized spacial score (nSPS) is 11.1. The predicted octanol–water partition coefficient (Wildman–Crippen LogP) is 1.13. The fraction of sp³-hybridized carbons (Fsp3) is 0.364.